The van der Waals surface area contributed by atoms with Crippen molar-refractivity contribution in [2.45, 2.75) is 0 Å². The topological polar surface area (TPSA) is 55.3 Å². The number of hydrogen-bond donors (Lipinski definition) is 2. The van der Waals surface area contributed by atoms with Crippen LogP contribution in [-0.4, -0.2) is 5.11 Å². The van der Waals surface area contributed by atoms with Gasteiger partial charge in [-0.1, -0.05) is 18.2 Å². The molecule has 58 valence electrons. The summed E-state index contributed by atoms with van der Waals surface area (Å²) >= 11 is 4.68. The van der Waals surface area contributed by atoms with Gasteiger partial charge in [-0.15, -0.1) is 0 Å². The van der Waals surface area contributed by atoms with Crippen LogP contribution in [0.2, 0.25) is 0 Å². The number of hydrogen-bond acceptors (Lipinski definition) is 2. The number of hydrazine groups is 1. The summed E-state index contributed by atoms with van der Waals surface area (Å²) in [5.74, 6) is 5.50. The van der Waals surface area contributed by atoms with E-state index in [1.54, 1.807) is 0 Å². The molecule has 0 aliphatic rings. The Kier molecular flexibility index (Phi) is 2.40. The largest absolute Gasteiger partial charge is 0.375 e. The molecule has 0 radical (unpaired) electrons. The first kappa shape index (κ1) is 7.97. The second-order valence-corrected chi connectivity index (χ2v) is 2.46. The number of anilines is 1. The van der Waals surface area contributed by atoms with Crippen LogP contribution in [0.15, 0.2) is 30.3 Å². The van der Waals surface area contributed by atoms with Crippen molar-refractivity contribution in [1.82, 2.24) is 0 Å². The summed E-state index contributed by atoms with van der Waals surface area (Å²) < 4.78 is 0. The number of nitrogens with two attached hydrogens (primary N) is 2. The Morgan fingerprint density at radius 2 is 1.82 bits per heavy atom. The van der Waals surface area contributed by atoms with Crippen molar-refractivity contribution in [3.63, 3.8) is 0 Å². The number of nitrogens with zero attached hydrogens (tertiary/aromatic N) is 1. The van der Waals surface area contributed by atoms with Gasteiger partial charge in [0.25, 0.3) is 0 Å². The third kappa shape index (κ3) is 1.89. The smallest absolute Gasteiger partial charge is 0.185 e. The van der Waals surface area contributed by atoms with Crippen LogP contribution in [0.1, 0.15) is 0 Å². The molecule has 1 aromatic rings. The second-order valence-electron chi connectivity index (χ2n) is 2.04. The van der Waals surface area contributed by atoms with Gasteiger partial charge in [-0.25, -0.2) is 5.84 Å². The van der Waals surface area contributed by atoms with Crippen molar-refractivity contribution in [2.75, 3.05) is 5.01 Å². The fourth-order valence-electron chi connectivity index (χ4n) is 0.716. The summed E-state index contributed by atoms with van der Waals surface area (Å²) in [6.07, 6.45) is 0. The summed E-state index contributed by atoms with van der Waals surface area (Å²) in [5.41, 5.74) is 6.09. The molecule has 1 aromatic carbocycles. The minimum absolute atomic E-state index is 0.163. The molecule has 4 heteroatoms. The van der Waals surface area contributed by atoms with Gasteiger partial charge >= 0.3 is 0 Å². The molecule has 0 atom stereocenters. The zero-order chi connectivity index (χ0) is 8.27. The van der Waals surface area contributed by atoms with Crippen molar-refractivity contribution >= 4 is 23.0 Å². The van der Waals surface area contributed by atoms with Gasteiger partial charge in [-0.3, -0.25) is 5.01 Å². The van der Waals surface area contributed by atoms with E-state index in [-0.39, 0.29) is 5.11 Å². The maximum atomic E-state index is 5.50. The molecule has 0 aliphatic heterocycles. The van der Waals surface area contributed by atoms with E-state index in [1.165, 1.54) is 5.01 Å². The Bertz CT molecular complexity index is 247. The minimum Gasteiger partial charge on any atom is -0.375 e. The van der Waals surface area contributed by atoms with Gasteiger partial charge in [0.05, 0.1) is 5.69 Å². The van der Waals surface area contributed by atoms with Crippen molar-refractivity contribution < 1.29 is 0 Å². The van der Waals surface area contributed by atoms with Crippen molar-refractivity contribution in [3.8, 4) is 0 Å². The minimum atomic E-state index is 0.163. The standard InChI is InChI=1S/C7H9N3S/c8-7(11)10(9)6-4-2-1-3-5-6/h1-5H,9H2,(H2,8,11). The SMILES string of the molecule is NC(=S)N(N)c1ccccc1. The van der Waals surface area contributed by atoms with E-state index >= 15 is 0 Å². The number of para-hydroxylation sites is 1. The van der Waals surface area contributed by atoms with Crippen LogP contribution in [0.4, 0.5) is 5.69 Å². The Balaban J connectivity index is 2.85. The number of thiocarbonyl (C=S) groups is 1. The molecule has 0 amide bonds. The zero-order valence-corrected chi connectivity index (χ0v) is 6.71. The third-order valence-electron chi connectivity index (χ3n) is 1.27. The van der Waals surface area contributed by atoms with E-state index < -0.39 is 0 Å². The highest BCUT2D eigenvalue weighted by molar-refractivity contribution is 7.80. The highest BCUT2D eigenvalue weighted by Gasteiger charge is 2.00. The molecule has 0 aromatic heterocycles. The first-order valence-corrected chi connectivity index (χ1v) is 3.52. The van der Waals surface area contributed by atoms with Crippen molar-refractivity contribution in [2.24, 2.45) is 11.6 Å². The van der Waals surface area contributed by atoms with Gasteiger partial charge in [0.15, 0.2) is 5.11 Å². The van der Waals surface area contributed by atoms with Gasteiger partial charge < -0.3 is 5.73 Å². The third-order valence-corrected chi connectivity index (χ3v) is 1.47. The monoisotopic (exact) mass is 167 g/mol. The molecular formula is C7H9N3S. The highest BCUT2D eigenvalue weighted by atomic mass is 32.1. The summed E-state index contributed by atoms with van der Waals surface area (Å²) in [6, 6.07) is 9.30. The molecule has 0 heterocycles. The molecule has 0 unspecified atom stereocenters. The molecule has 0 bridgehead atoms. The molecule has 0 aliphatic carbocycles. The van der Waals surface area contributed by atoms with Crippen molar-refractivity contribution in [1.29, 1.82) is 0 Å². The van der Waals surface area contributed by atoms with Crippen LogP contribution < -0.4 is 16.6 Å². The normalized spacial score (nSPS) is 9.18. The summed E-state index contributed by atoms with van der Waals surface area (Å²) in [6.45, 7) is 0. The molecular weight excluding hydrogens is 158 g/mol. The Morgan fingerprint density at radius 3 is 2.27 bits per heavy atom. The lowest BCUT2D eigenvalue weighted by Crippen LogP contribution is -2.41. The fraction of sp³-hybridized carbons (Fsp3) is 0. The molecule has 0 saturated carbocycles. The van der Waals surface area contributed by atoms with Gasteiger partial charge in [-0.2, -0.15) is 0 Å². The zero-order valence-electron chi connectivity index (χ0n) is 5.90. The van der Waals surface area contributed by atoms with E-state index in [0.29, 0.717) is 0 Å². The highest BCUT2D eigenvalue weighted by Crippen LogP contribution is 2.07. The number of rotatable bonds is 1. The van der Waals surface area contributed by atoms with Crippen molar-refractivity contribution in [3.05, 3.63) is 30.3 Å². The lowest BCUT2D eigenvalue weighted by molar-refractivity contribution is 1.13. The predicted octanol–water partition coefficient (Wildman–Crippen LogP) is 0.610. The molecule has 11 heavy (non-hydrogen) atoms. The lowest BCUT2D eigenvalue weighted by Gasteiger charge is -2.15. The van der Waals surface area contributed by atoms with Crippen LogP contribution in [0.25, 0.3) is 0 Å². The predicted molar refractivity (Wildman–Crippen MR) is 49.9 cm³/mol. The molecule has 0 fully saturated rings. The van der Waals surface area contributed by atoms with E-state index in [0.717, 1.165) is 5.69 Å². The van der Waals surface area contributed by atoms with Gasteiger partial charge in [-0.05, 0) is 24.4 Å². The van der Waals surface area contributed by atoms with Gasteiger partial charge in [0.2, 0.25) is 0 Å². The van der Waals surface area contributed by atoms with Crippen LogP contribution in [0.5, 0.6) is 0 Å². The maximum absolute atomic E-state index is 5.50. The lowest BCUT2D eigenvalue weighted by atomic mass is 10.3. The van der Waals surface area contributed by atoms with Crippen LogP contribution in [0, 0.1) is 0 Å². The molecule has 4 N–H and O–H groups in total. The van der Waals surface area contributed by atoms with E-state index in [1.807, 2.05) is 30.3 Å². The second kappa shape index (κ2) is 3.32. The van der Waals surface area contributed by atoms with E-state index in [2.05, 4.69) is 12.2 Å². The Morgan fingerprint density at radius 1 is 1.27 bits per heavy atom. The first-order valence-electron chi connectivity index (χ1n) is 3.11. The van der Waals surface area contributed by atoms with Crippen LogP contribution >= 0.6 is 12.2 Å². The average molecular weight is 167 g/mol. The molecule has 0 saturated heterocycles. The summed E-state index contributed by atoms with van der Waals surface area (Å²) in [5, 5.41) is 1.42. The maximum Gasteiger partial charge on any atom is 0.185 e. The number of benzene rings is 1. The van der Waals surface area contributed by atoms with Gasteiger partial charge in [0, 0.05) is 0 Å². The molecule has 0 spiro atoms. The summed E-state index contributed by atoms with van der Waals surface area (Å²) in [4.78, 5) is 0. The quantitative estimate of drug-likeness (QED) is 0.365. The van der Waals surface area contributed by atoms with E-state index in [4.69, 9.17) is 11.6 Å². The Hall–Kier alpha value is -1.13. The van der Waals surface area contributed by atoms with Crippen LogP contribution in [0.3, 0.4) is 0 Å². The first-order chi connectivity index (χ1) is 5.22. The summed E-state index contributed by atoms with van der Waals surface area (Å²) in [7, 11) is 0. The molecule has 1 rings (SSSR count). The average Bonchev–Trinajstić information content (AvgIpc) is 2.05. The fourth-order valence-corrected chi connectivity index (χ4v) is 0.821. The van der Waals surface area contributed by atoms with E-state index in [9.17, 15) is 0 Å². The Labute approximate surface area is 70.6 Å². The van der Waals surface area contributed by atoms with Gasteiger partial charge in [0.1, 0.15) is 0 Å². The molecule has 3 nitrogen and oxygen atoms in total. The van der Waals surface area contributed by atoms with Crippen LogP contribution in [-0.2, 0) is 0 Å².